The van der Waals surface area contributed by atoms with E-state index < -0.39 is 0 Å². The van der Waals surface area contributed by atoms with Crippen molar-refractivity contribution in [1.29, 1.82) is 0 Å². The maximum Gasteiger partial charge on any atom is 0.274 e. The minimum absolute atomic E-state index is 0.0819. The molecule has 3 aromatic heterocycles. The number of H-pyrrole nitrogens is 1. The highest BCUT2D eigenvalue weighted by atomic mass is 16.2. The molecule has 9 heteroatoms. The van der Waals surface area contributed by atoms with Gasteiger partial charge in [0.1, 0.15) is 5.82 Å². The van der Waals surface area contributed by atoms with Gasteiger partial charge in [-0.05, 0) is 38.4 Å². The van der Waals surface area contributed by atoms with E-state index >= 15 is 0 Å². The summed E-state index contributed by atoms with van der Waals surface area (Å²) in [6.45, 7) is 4.32. The Morgan fingerprint density at radius 2 is 2.25 bits per heavy atom. The molecule has 1 atom stereocenters. The molecule has 1 aliphatic heterocycles. The van der Waals surface area contributed by atoms with Crippen LogP contribution in [0, 0.1) is 6.92 Å². The Bertz CT molecular complexity index is 1030. The number of piperidine rings is 1. The summed E-state index contributed by atoms with van der Waals surface area (Å²) in [6.07, 6.45) is 3.86. The molecule has 1 fully saturated rings. The van der Waals surface area contributed by atoms with Crippen LogP contribution in [0.1, 0.15) is 30.1 Å². The van der Waals surface area contributed by atoms with Crippen LogP contribution in [0.2, 0.25) is 0 Å². The Kier molecular flexibility index (Phi) is 5.16. The van der Waals surface area contributed by atoms with Crippen molar-refractivity contribution in [2.75, 3.05) is 13.1 Å². The quantitative estimate of drug-likeness (QED) is 0.664. The van der Waals surface area contributed by atoms with E-state index in [9.17, 15) is 9.59 Å². The number of aromatic amines is 1. The third kappa shape index (κ3) is 4.25. The molecular weight excluding hydrogens is 358 g/mol. The first kappa shape index (κ1) is 18.3. The number of carbonyl (C=O) groups is 1. The second-order valence-corrected chi connectivity index (χ2v) is 7.18. The van der Waals surface area contributed by atoms with Crippen molar-refractivity contribution in [2.45, 2.75) is 38.8 Å². The van der Waals surface area contributed by atoms with Crippen LogP contribution in [0.5, 0.6) is 0 Å². The Balaban J connectivity index is 1.35. The summed E-state index contributed by atoms with van der Waals surface area (Å²) >= 11 is 0. The second-order valence-electron chi connectivity index (χ2n) is 7.18. The predicted molar refractivity (Wildman–Crippen MR) is 103 cm³/mol. The van der Waals surface area contributed by atoms with Gasteiger partial charge in [-0.25, -0.2) is 4.98 Å². The van der Waals surface area contributed by atoms with E-state index in [2.05, 4.69) is 30.3 Å². The van der Waals surface area contributed by atoms with Crippen LogP contribution < -0.4 is 10.9 Å². The largest absolute Gasteiger partial charge is 0.352 e. The molecule has 9 nitrogen and oxygen atoms in total. The fourth-order valence-electron chi connectivity index (χ4n) is 3.58. The van der Waals surface area contributed by atoms with Gasteiger partial charge in [0.2, 0.25) is 5.91 Å². The first-order valence-corrected chi connectivity index (χ1v) is 9.44. The average Bonchev–Trinajstić information content (AvgIpc) is 3.05. The van der Waals surface area contributed by atoms with E-state index in [4.69, 9.17) is 0 Å². The molecule has 1 aliphatic rings. The molecule has 146 valence electrons. The van der Waals surface area contributed by atoms with Gasteiger partial charge >= 0.3 is 0 Å². The summed E-state index contributed by atoms with van der Waals surface area (Å²) in [6, 6.07) is 7.43. The van der Waals surface area contributed by atoms with Crippen molar-refractivity contribution in [2.24, 2.45) is 0 Å². The van der Waals surface area contributed by atoms with Gasteiger partial charge in [0, 0.05) is 37.1 Å². The Labute approximate surface area is 161 Å². The second kappa shape index (κ2) is 7.89. The zero-order chi connectivity index (χ0) is 19.5. The summed E-state index contributed by atoms with van der Waals surface area (Å²) < 4.78 is 1.25. The number of likely N-dealkylation sites (tertiary alicyclic amines) is 1. The number of hydrogen-bond acceptors (Lipinski definition) is 6. The van der Waals surface area contributed by atoms with E-state index in [-0.39, 0.29) is 29.7 Å². The monoisotopic (exact) mass is 381 g/mol. The van der Waals surface area contributed by atoms with Crippen molar-refractivity contribution in [3.63, 3.8) is 0 Å². The van der Waals surface area contributed by atoms with Crippen LogP contribution in [0.15, 0.2) is 35.3 Å². The number of rotatable bonds is 5. The van der Waals surface area contributed by atoms with Crippen molar-refractivity contribution >= 4 is 11.7 Å². The normalized spacial score (nSPS) is 17.7. The van der Waals surface area contributed by atoms with Crippen molar-refractivity contribution in [3.8, 4) is 0 Å². The molecule has 0 unspecified atom stereocenters. The van der Waals surface area contributed by atoms with Crippen LogP contribution >= 0.6 is 0 Å². The van der Waals surface area contributed by atoms with E-state index in [1.54, 1.807) is 13.1 Å². The van der Waals surface area contributed by atoms with E-state index in [1.165, 1.54) is 10.6 Å². The van der Waals surface area contributed by atoms with Gasteiger partial charge in [0.25, 0.3) is 11.3 Å². The van der Waals surface area contributed by atoms with Crippen LogP contribution in [0.3, 0.4) is 0 Å². The maximum atomic E-state index is 12.5. The summed E-state index contributed by atoms with van der Waals surface area (Å²) in [5.74, 6) is 0.592. The Morgan fingerprint density at radius 1 is 1.36 bits per heavy atom. The van der Waals surface area contributed by atoms with Crippen molar-refractivity contribution < 1.29 is 4.79 Å². The zero-order valence-corrected chi connectivity index (χ0v) is 15.8. The van der Waals surface area contributed by atoms with Gasteiger partial charge in [-0.1, -0.05) is 6.07 Å². The molecule has 0 spiro atoms. The lowest BCUT2D eigenvalue weighted by Crippen LogP contribution is -2.47. The number of amides is 1. The lowest BCUT2D eigenvalue weighted by atomic mass is 10.1. The van der Waals surface area contributed by atoms with Gasteiger partial charge in [0.15, 0.2) is 0 Å². The number of nitrogens with zero attached hydrogens (tertiary/aromatic N) is 5. The smallest absolute Gasteiger partial charge is 0.274 e. The van der Waals surface area contributed by atoms with Crippen molar-refractivity contribution in [3.05, 3.63) is 58.0 Å². The van der Waals surface area contributed by atoms with E-state index in [1.807, 2.05) is 18.2 Å². The van der Waals surface area contributed by atoms with Crippen molar-refractivity contribution in [1.82, 2.24) is 34.8 Å². The molecule has 2 N–H and O–H groups in total. The fourth-order valence-corrected chi connectivity index (χ4v) is 3.58. The predicted octanol–water partition coefficient (Wildman–Crippen LogP) is 0.444. The molecule has 4 rings (SSSR count). The van der Waals surface area contributed by atoms with Gasteiger partial charge < -0.3 is 5.32 Å². The van der Waals surface area contributed by atoms with Gasteiger partial charge in [-0.3, -0.25) is 24.6 Å². The number of fused-ring (bicyclic) bond motifs is 1. The third-order valence-corrected chi connectivity index (χ3v) is 4.82. The molecule has 0 saturated carbocycles. The lowest BCUT2D eigenvalue weighted by molar-refractivity contribution is -0.121. The maximum absolute atomic E-state index is 12.5. The van der Waals surface area contributed by atoms with Gasteiger partial charge in [0.05, 0.1) is 12.1 Å². The molecule has 0 bridgehead atoms. The van der Waals surface area contributed by atoms with E-state index in [0.29, 0.717) is 11.5 Å². The van der Waals surface area contributed by atoms with Crippen LogP contribution in [0.4, 0.5) is 0 Å². The minimum Gasteiger partial charge on any atom is -0.352 e. The summed E-state index contributed by atoms with van der Waals surface area (Å²) in [5, 5.41) is 5.94. The SMILES string of the molecule is Cc1cc(=O)n2[nH]c(CC(=O)N[C@H]3CCCN(Cc4ccccn4)C3)nc2n1. The summed E-state index contributed by atoms with van der Waals surface area (Å²) in [7, 11) is 0. The summed E-state index contributed by atoms with van der Waals surface area (Å²) in [4.78, 5) is 39.6. The highest BCUT2D eigenvalue weighted by Gasteiger charge is 2.22. The number of aromatic nitrogens is 5. The minimum atomic E-state index is -0.237. The highest BCUT2D eigenvalue weighted by Crippen LogP contribution is 2.13. The summed E-state index contributed by atoms with van der Waals surface area (Å²) in [5.41, 5.74) is 1.40. The standard InChI is InChI=1S/C19H23N7O2/c1-13-9-18(28)26-19(21-13)23-16(24-26)10-17(27)22-15-6-4-8-25(12-15)11-14-5-2-3-7-20-14/h2-3,5,7,9,15H,4,6,8,10-12H2,1H3,(H,22,27)(H,21,23,24)/t15-/m0/s1. The molecule has 1 saturated heterocycles. The molecule has 0 aromatic carbocycles. The number of aryl methyl sites for hydroxylation is 1. The van der Waals surface area contributed by atoms with Crippen LogP contribution in [-0.2, 0) is 17.8 Å². The molecule has 28 heavy (non-hydrogen) atoms. The first-order chi connectivity index (χ1) is 13.6. The number of carbonyl (C=O) groups excluding carboxylic acids is 1. The molecule has 1 amide bonds. The number of hydrogen-bond donors (Lipinski definition) is 2. The van der Waals surface area contributed by atoms with Crippen LogP contribution in [0.25, 0.3) is 5.78 Å². The first-order valence-electron chi connectivity index (χ1n) is 9.44. The zero-order valence-electron chi connectivity index (χ0n) is 15.8. The van der Waals surface area contributed by atoms with Gasteiger partial charge in [-0.15, -0.1) is 0 Å². The van der Waals surface area contributed by atoms with Crippen LogP contribution in [-0.4, -0.2) is 54.5 Å². The average molecular weight is 381 g/mol. The third-order valence-electron chi connectivity index (χ3n) is 4.82. The highest BCUT2D eigenvalue weighted by molar-refractivity contribution is 5.78. The number of pyridine rings is 1. The molecule has 0 aliphatic carbocycles. The van der Waals surface area contributed by atoms with E-state index in [0.717, 1.165) is 38.2 Å². The number of nitrogens with one attached hydrogen (secondary N) is 2. The van der Waals surface area contributed by atoms with Gasteiger partial charge in [-0.2, -0.15) is 9.50 Å². The topological polar surface area (TPSA) is 108 Å². The molecule has 4 heterocycles. The molecular formula is C19H23N7O2. The lowest BCUT2D eigenvalue weighted by Gasteiger charge is -2.32. The fraction of sp³-hybridized carbons (Fsp3) is 0.421. The Morgan fingerprint density at radius 3 is 3.07 bits per heavy atom. The molecule has 3 aromatic rings. The molecule has 0 radical (unpaired) electrons. The Hall–Kier alpha value is -3.07.